The third-order valence-electron chi connectivity index (χ3n) is 3.65. The zero-order chi connectivity index (χ0) is 15.9. The van der Waals surface area contributed by atoms with Crippen LogP contribution in [-0.2, 0) is 16.1 Å². The van der Waals surface area contributed by atoms with Gasteiger partial charge in [0.1, 0.15) is 6.54 Å². The fraction of sp³-hybridized carbons (Fsp3) is 0.467. The molecule has 2 aromatic rings. The highest BCUT2D eigenvalue weighted by Gasteiger charge is 2.25. The van der Waals surface area contributed by atoms with E-state index in [2.05, 4.69) is 15.4 Å². The van der Waals surface area contributed by atoms with Crippen LogP contribution in [0.25, 0.3) is 11.0 Å². The molecule has 0 unspecified atom stereocenters. The quantitative estimate of drug-likeness (QED) is 0.855. The summed E-state index contributed by atoms with van der Waals surface area (Å²) in [6.45, 7) is 3.68. The van der Waals surface area contributed by atoms with E-state index in [0.29, 0.717) is 34.0 Å². The van der Waals surface area contributed by atoms with Gasteiger partial charge < -0.3 is 10.1 Å². The summed E-state index contributed by atoms with van der Waals surface area (Å²) in [6, 6.07) is 1.98. The summed E-state index contributed by atoms with van der Waals surface area (Å²) in [5, 5.41) is 7.92. The number of aromatic nitrogens is 3. The van der Waals surface area contributed by atoms with E-state index in [-0.39, 0.29) is 12.5 Å². The van der Waals surface area contributed by atoms with Crippen LogP contribution >= 0.6 is 0 Å². The second kappa shape index (κ2) is 5.40. The predicted octanol–water partition coefficient (Wildman–Crippen LogP) is 1.11. The van der Waals surface area contributed by atoms with Crippen molar-refractivity contribution in [3.8, 4) is 0 Å². The number of carbonyl (C=O) groups is 2. The molecule has 2 aromatic heterocycles. The monoisotopic (exact) mass is 302 g/mol. The molecule has 0 aliphatic heterocycles. The molecule has 0 saturated heterocycles. The largest absolute Gasteiger partial charge is 0.465 e. The van der Waals surface area contributed by atoms with Gasteiger partial charge >= 0.3 is 5.97 Å². The van der Waals surface area contributed by atoms with Crippen LogP contribution in [0.15, 0.2) is 6.07 Å². The maximum absolute atomic E-state index is 12.0. The normalized spacial score (nSPS) is 14.1. The molecule has 0 bridgehead atoms. The van der Waals surface area contributed by atoms with Crippen LogP contribution in [0.3, 0.4) is 0 Å². The number of nitrogens with one attached hydrogen (secondary N) is 1. The molecular formula is C15H18N4O3. The third-order valence-corrected chi connectivity index (χ3v) is 3.65. The van der Waals surface area contributed by atoms with Crippen LogP contribution in [0, 0.1) is 13.8 Å². The summed E-state index contributed by atoms with van der Waals surface area (Å²) in [7, 11) is 1.34. The lowest BCUT2D eigenvalue weighted by Gasteiger charge is -2.06. The highest BCUT2D eigenvalue weighted by molar-refractivity contribution is 6.04. The van der Waals surface area contributed by atoms with Crippen LogP contribution in [0.2, 0.25) is 0 Å². The molecule has 1 aliphatic rings. The van der Waals surface area contributed by atoms with Crippen molar-refractivity contribution in [1.29, 1.82) is 0 Å². The molecule has 1 fully saturated rings. The smallest absolute Gasteiger partial charge is 0.338 e. The van der Waals surface area contributed by atoms with Gasteiger partial charge in [-0.05, 0) is 32.8 Å². The minimum Gasteiger partial charge on any atom is -0.465 e. The van der Waals surface area contributed by atoms with Crippen molar-refractivity contribution in [3.63, 3.8) is 0 Å². The van der Waals surface area contributed by atoms with Crippen LogP contribution < -0.4 is 5.32 Å². The SMILES string of the molecule is COC(=O)c1cc(C)nc2c1c(C)nn2CC(=O)NC1CC1. The van der Waals surface area contributed by atoms with Crippen LogP contribution in [-0.4, -0.2) is 39.8 Å². The topological polar surface area (TPSA) is 86.1 Å². The average molecular weight is 302 g/mol. The number of pyridine rings is 1. The van der Waals surface area contributed by atoms with E-state index in [1.54, 1.807) is 24.6 Å². The molecule has 1 amide bonds. The van der Waals surface area contributed by atoms with E-state index in [4.69, 9.17) is 4.74 Å². The molecule has 1 saturated carbocycles. The van der Waals surface area contributed by atoms with Crippen molar-refractivity contribution >= 4 is 22.9 Å². The summed E-state index contributed by atoms with van der Waals surface area (Å²) >= 11 is 0. The second-order valence-corrected chi connectivity index (χ2v) is 5.59. The molecule has 0 atom stereocenters. The number of fused-ring (bicyclic) bond motifs is 1. The van der Waals surface area contributed by atoms with Gasteiger partial charge in [-0.15, -0.1) is 0 Å². The van der Waals surface area contributed by atoms with E-state index in [0.717, 1.165) is 12.8 Å². The van der Waals surface area contributed by atoms with Gasteiger partial charge in [0.25, 0.3) is 0 Å². The average Bonchev–Trinajstić information content (AvgIpc) is 3.22. The van der Waals surface area contributed by atoms with Crippen molar-refractivity contribution in [2.45, 2.75) is 39.3 Å². The maximum Gasteiger partial charge on any atom is 0.338 e. The Morgan fingerprint density at radius 1 is 1.41 bits per heavy atom. The van der Waals surface area contributed by atoms with Gasteiger partial charge in [-0.3, -0.25) is 4.79 Å². The van der Waals surface area contributed by atoms with Gasteiger partial charge in [0, 0.05) is 11.7 Å². The Morgan fingerprint density at radius 3 is 2.77 bits per heavy atom. The first-order valence-electron chi connectivity index (χ1n) is 7.22. The lowest BCUT2D eigenvalue weighted by Crippen LogP contribution is -2.29. The summed E-state index contributed by atoms with van der Waals surface area (Å²) in [6.07, 6.45) is 2.07. The van der Waals surface area contributed by atoms with E-state index >= 15 is 0 Å². The molecule has 2 heterocycles. The van der Waals surface area contributed by atoms with E-state index in [1.807, 2.05) is 0 Å². The Morgan fingerprint density at radius 2 is 2.14 bits per heavy atom. The summed E-state index contributed by atoms with van der Waals surface area (Å²) in [4.78, 5) is 28.4. The third kappa shape index (κ3) is 2.66. The molecule has 7 heteroatoms. The zero-order valence-electron chi connectivity index (χ0n) is 12.8. The van der Waals surface area contributed by atoms with Crippen molar-refractivity contribution in [1.82, 2.24) is 20.1 Å². The molecule has 1 N–H and O–H groups in total. The summed E-state index contributed by atoms with van der Waals surface area (Å²) in [5.74, 6) is -0.518. The van der Waals surface area contributed by atoms with Crippen LogP contribution in [0.5, 0.6) is 0 Å². The number of hydrogen-bond donors (Lipinski definition) is 1. The Kier molecular flexibility index (Phi) is 3.56. The zero-order valence-corrected chi connectivity index (χ0v) is 12.8. The van der Waals surface area contributed by atoms with Gasteiger partial charge in [-0.2, -0.15) is 5.10 Å². The molecule has 0 aromatic carbocycles. The number of carbonyl (C=O) groups excluding carboxylic acids is 2. The number of hydrogen-bond acceptors (Lipinski definition) is 5. The molecule has 22 heavy (non-hydrogen) atoms. The maximum atomic E-state index is 12.0. The molecule has 3 rings (SSSR count). The number of aryl methyl sites for hydroxylation is 2. The van der Waals surface area contributed by atoms with Crippen molar-refractivity contribution < 1.29 is 14.3 Å². The number of rotatable bonds is 4. The fourth-order valence-corrected chi connectivity index (χ4v) is 2.50. The summed E-state index contributed by atoms with van der Waals surface area (Å²) in [5.41, 5.74) is 2.29. The van der Waals surface area contributed by atoms with Crippen molar-refractivity contribution in [2.24, 2.45) is 0 Å². The summed E-state index contributed by atoms with van der Waals surface area (Å²) < 4.78 is 6.37. The Bertz CT molecular complexity index is 762. The minimum absolute atomic E-state index is 0.0881. The number of ether oxygens (including phenoxy) is 1. The number of methoxy groups -OCH3 is 1. The first-order chi connectivity index (χ1) is 10.5. The highest BCUT2D eigenvalue weighted by Crippen LogP contribution is 2.23. The van der Waals surface area contributed by atoms with E-state index in [9.17, 15) is 9.59 Å². The fourth-order valence-electron chi connectivity index (χ4n) is 2.50. The van der Waals surface area contributed by atoms with Gasteiger partial charge in [-0.25, -0.2) is 14.5 Å². The predicted molar refractivity (Wildman–Crippen MR) is 79.5 cm³/mol. The first-order valence-corrected chi connectivity index (χ1v) is 7.22. The van der Waals surface area contributed by atoms with Gasteiger partial charge in [-0.1, -0.05) is 0 Å². The number of esters is 1. The van der Waals surface area contributed by atoms with Crippen LogP contribution in [0.1, 0.15) is 34.6 Å². The second-order valence-electron chi connectivity index (χ2n) is 5.59. The first kappa shape index (κ1) is 14.5. The highest BCUT2D eigenvalue weighted by atomic mass is 16.5. The van der Waals surface area contributed by atoms with Gasteiger partial charge in [0.15, 0.2) is 5.65 Å². The van der Waals surface area contributed by atoms with E-state index < -0.39 is 5.97 Å². The Balaban J connectivity index is 2.02. The molecule has 116 valence electrons. The molecular weight excluding hydrogens is 284 g/mol. The molecule has 1 aliphatic carbocycles. The standard InChI is InChI=1S/C15H18N4O3/c1-8-6-11(15(21)22-3)13-9(2)18-19(14(13)16-8)7-12(20)17-10-4-5-10/h6,10H,4-5,7H2,1-3H3,(H,17,20). The van der Waals surface area contributed by atoms with Gasteiger partial charge in [0.2, 0.25) is 5.91 Å². The van der Waals surface area contributed by atoms with Crippen molar-refractivity contribution in [2.75, 3.05) is 7.11 Å². The lowest BCUT2D eigenvalue weighted by molar-refractivity contribution is -0.121. The molecule has 7 nitrogen and oxygen atoms in total. The van der Waals surface area contributed by atoms with Crippen molar-refractivity contribution in [3.05, 3.63) is 23.0 Å². The van der Waals surface area contributed by atoms with Crippen LogP contribution in [0.4, 0.5) is 0 Å². The molecule has 0 radical (unpaired) electrons. The Labute approximate surface area is 127 Å². The Hall–Kier alpha value is -2.44. The molecule has 0 spiro atoms. The van der Waals surface area contributed by atoms with E-state index in [1.165, 1.54) is 7.11 Å². The number of nitrogens with zero attached hydrogens (tertiary/aromatic N) is 3. The van der Waals surface area contributed by atoms with Gasteiger partial charge in [0.05, 0.1) is 23.8 Å². The minimum atomic E-state index is -0.430. The lowest BCUT2D eigenvalue weighted by atomic mass is 10.1. The number of amides is 1.